The molecule has 0 aliphatic heterocycles. The van der Waals surface area contributed by atoms with Gasteiger partial charge < -0.3 is 10.4 Å². The molecule has 0 unspecified atom stereocenters. The van der Waals surface area contributed by atoms with E-state index in [-0.39, 0.29) is 11.3 Å². The predicted octanol–water partition coefficient (Wildman–Crippen LogP) is 0.591. The number of hydrogen-bond donors (Lipinski definition) is 4. The molecule has 0 saturated carbocycles. The number of nitro benzene ring substituents is 1. The lowest BCUT2D eigenvalue weighted by atomic mass is 10.1. The minimum absolute atomic E-state index is 0.0213. The quantitative estimate of drug-likeness (QED) is 0.263. The number of benzene rings is 2. The maximum Gasteiger partial charge on any atom is 0.269 e. The van der Waals surface area contributed by atoms with Gasteiger partial charge in [0.15, 0.2) is 0 Å². The lowest BCUT2D eigenvalue weighted by Gasteiger charge is -2.13. The van der Waals surface area contributed by atoms with E-state index in [2.05, 4.69) is 17.2 Å². The van der Waals surface area contributed by atoms with Gasteiger partial charge in [-0.3, -0.25) is 24.9 Å². The second-order valence-corrected chi connectivity index (χ2v) is 5.32. The summed E-state index contributed by atoms with van der Waals surface area (Å²) in [6.07, 6.45) is 0. The Hall–Kier alpha value is -3.74. The van der Waals surface area contributed by atoms with Crippen LogP contribution in [0.1, 0.15) is 21.5 Å². The summed E-state index contributed by atoms with van der Waals surface area (Å²) in [4.78, 5) is 33.4. The largest absolute Gasteiger partial charge is 0.394 e. The van der Waals surface area contributed by atoms with Crippen molar-refractivity contribution >= 4 is 17.5 Å². The van der Waals surface area contributed by atoms with Crippen molar-refractivity contribution < 1.29 is 24.8 Å². The molecule has 2 aromatic rings. The van der Waals surface area contributed by atoms with Crippen LogP contribution in [0.3, 0.4) is 0 Å². The molecule has 0 fully saturated rings. The smallest absolute Gasteiger partial charge is 0.269 e. The third kappa shape index (κ3) is 5.37. The van der Waals surface area contributed by atoms with Crippen LogP contribution < -0.4 is 10.8 Å². The molecule has 0 aliphatic carbocycles. The lowest BCUT2D eigenvalue weighted by molar-refractivity contribution is -0.384. The summed E-state index contributed by atoms with van der Waals surface area (Å²) in [6.45, 7) is -0.670. The summed E-state index contributed by atoms with van der Waals surface area (Å²) in [5, 5.41) is 30.5. The first kappa shape index (κ1) is 19.6. The zero-order valence-corrected chi connectivity index (χ0v) is 13.9. The van der Waals surface area contributed by atoms with Crippen LogP contribution in [-0.4, -0.2) is 39.7 Å². The lowest BCUT2D eigenvalue weighted by Crippen LogP contribution is -2.48. The van der Waals surface area contributed by atoms with E-state index >= 15 is 0 Å². The standard InChI is InChI=1S/C18H15N3O6/c22-11-16(18(24)20-25)19-17(23)14-7-3-12(4-8-14)1-2-13-5-9-15(10-6-13)21(26)27/h3-10,16,22,25H,11H2,(H,19,23)(H,20,24)/t16-/m0/s1. The maximum atomic E-state index is 12.0. The molecule has 0 saturated heterocycles. The number of rotatable bonds is 5. The molecule has 0 aromatic heterocycles. The van der Waals surface area contributed by atoms with Crippen molar-refractivity contribution in [3.8, 4) is 11.8 Å². The van der Waals surface area contributed by atoms with Gasteiger partial charge in [-0.05, 0) is 36.4 Å². The number of aliphatic hydroxyl groups excluding tert-OH is 1. The molecule has 9 heteroatoms. The zero-order chi connectivity index (χ0) is 19.8. The van der Waals surface area contributed by atoms with Gasteiger partial charge >= 0.3 is 0 Å². The number of carbonyl (C=O) groups is 2. The van der Waals surface area contributed by atoms with Crippen LogP contribution >= 0.6 is 0 Å². The van der Waals surface area contributed by atoms with Gasteiger partial charge in [0.1, 0.15) is 6.04 Å². The SMILES string of the molecule is O=C(N[C@@H](CO)C(=O)NO)c1ccc(C#Cc2ccc([N+](=O)[O-])cc2)cc1. The Bertz CT molecular complexity index is 897. The van der Waals surface area contributed by atoms with Gasteiger partial charge in [-0.1, -0.05) is 11.8 Å². The number of non-ortho nitro benzene ring substituents is 1. The minimum Gasteiger partial charge on any atom is -0.394 e. The summed E-state index contributed by atoms with van der Waals surface area (Å²) in [5.74, 6) is 4.18. The first-order valence-electron chi connectivity index (χ1n) is 7.67. The second kappa shape index (κ2) is 9.10. The average molecular weight is 369 g/mol. The van der Waals surface area contributed by atoms with Crippen LogP contribution in [0.5, 0.6) is 0 Å². The Morgan fingerprint density at radius 3 is 2.00 bits per heavy atom. The highest BCUT2D eigenvalue weighted by molar-refractivity contribution is 5.97. The summed E-state index contributed by atoms with van der Waals surface area (Å²) in [6, 6.07) is 10.7. The minimum atomic E-state index is -1.27. The molecule has 2 aromatic carbocycles. The molecule has 0 spiro atoms. The Labute approximate surface area is 153 Å². The van der Waals surface area contributed by atoms with Crippen molar-refractivity contribution in [2.45, 2.75) is 6.04 Å². The third-order valence-electron chi connectivity index (χ3n) is 3.49. The number of hydroxylamine groups is 1. The Morgan fingerprint density at radius 2 is 1.56 bits per heavy atom. The highest BCUT2D eigenvalue weighted by Gasteiger charge is 2.19. The Kier molecular flexibility index (Phi) is 6.60. The number of nitrogens with one attached hydrogen (secondary N) is 2. The highest BCUT2D eigenvalue weighted by Crippen LogP contribution is 2.11. The zero-order valence-electron chi connectivity index (χ0n) is 13.9. The van der Waals surface area contributed by atoms with E-state index in [1.54, 1.807) is 12.1 Å². The fraction of sp³-hybridized carbons (Fsp3) is 0.111. The van der Waals surface area contributed by atoms with Crippen LogP contribution in [0.2, 0.25) is 0 Å². The molecular formula is C18H15N3O6. The van der Waals surface area contributed by atoms with Gasteiger partial charge in [0.25, 0.3) is 17.5 Å². The molecular weight excluding hydrogens is 354 g/mol. The molecule has 9 nitrogen and oxygen atoms in total. The van der Waals surface area contributed by atoms with E-state index in [1.165, 1.54) is 41.9 Å². The summed E-state index contributed by atoms with van der Waals surface area (Å²) in [5.41, 5.74) is 2.78. The topological polar surface area (TPSA) is 142 Å². The monoisotopic (exact) mass is 369 g/mol. The van der Waals surface area contributed by atoms with E-state index in [0.717, 1.165) is 0 Å². The van der Waals surface area contributed by atoms with E-state index in [0.29, 0.717) is 11.1 Å². The molecule has 0 heterocycles. The van der Waals surface area contributed by atoms with Gasteiger partial charge in [0.05, 0.1) is 11.5 Å². The second-order valence-electron chi connectivity index (χ2n) is 5.32. The van der Waals surface area contributed by atoms with Crippen LogP contribution in [0.4, 0.5) is 5.69 Å². The van der Waals surface area contributed by atoms with E-state index in [4.69, 9.17) is 10.3 Å². The molecule has 2 amide bonds. The molecule has 0 radical (unpaired) electrons. The molecule has 1 atom stereocenters. The summed E-state index contributed by atoms with van der Waals surface area (Å²) in [7, 11) is 0. The van der Waals surface area contributed by atoms with Gasteiger partial charge in [0, 0.05) is 28.8 Å². The Balaban J connectivity index is 2.06. The van der Waals surface area contributed by atoms with E-state index in [1.807, 2.05) is 0 Å². The van der Waals surface area contributed by atoms with Crippen molar-refractivity contribution in [2.24, 2.45) is 0 Å². The molecule has 27 heavy (non-hydrogen) atoms. The fourth-order valence-electron chi connectivity index (χ4n) is 2.03. The third-order valence-corrected chi connectivity index (χ3v) is 3.49. The van der Waals surface area contributed by atoms with Crippen LogP contribution in [-0.2, 0) is 4.79 Å². The fourth-order valence-corrected chi connectivity index (χ4v) is 2.03. The van der Waals surface area contributed by atoms with Crippen LogP contribution in [0.15, 0.2) is 48.5 Å². The predicted molar refractivity (Wildman–Crippen MR) is 93.8 cm³/mol. The van der Waals surface area contributed by atoms with Crippen molar-refractivity contribution in [3.05, 3.63) is 75.3 Å². The van der Waals surface area contributed by atoms with Crippen molar-refractivity contribution in [1.82, 2.24) is 10.8 Å². The van der Waals surface area contributed by atoms with Gasteiger partial charge in [-0.25, -0.2) is 5.48 Å². The van der Waals surface area contributed by atoms with Crippen LogP contribution in [0, 0.1) is 22.0 Å². The van der Waals surface area contributed by atoms with Gasteiger partial charge in [-0.15, -0.1) is 0 Å². The first-order chi connectivity index (χ1) is 12.9. The number of hydrogen-bond acceptors (Lipinski definition) is 6. The summed E-state index contributed by atoms with van der Waals surface area (Å²) < 4.78 is 0. The number of aliphatic hydroxyl groups is 1. The molecule has 2 rings (SSSR count). The van der Waals surface area contributed by atoms with Crippen molar-refractivity contribution in [2.75, 3.05) is 6.61 Å². The van der Waals surface area contributed by atoms with Crippen molar-refractivity contribution in [1.29, 1.82) is 0 Å². The van der Waals surface area contributed by atoms with Gasteiger partial charge in [-0.2, -0.15) is 0 Å². The molecule has 0 aliphatic rings. The average Bonchev–Trinajstić information content (AvgIpc) is 2.70. The number of nitro groups is 1. The summed E-state index contributed by atoms with van der Waals surface area (Å²) >= 11 is 0. The molecule has 4 N–H and O–H groups in total. The van der Waals surface area contributed by atoms with E-state index in [9.17, 15) is 19.7 Å². The number of carbonyl (C=O) groups excluding carboxylic acids is 2. The van der Waals surface area contributed by atoms with Crippen LogP contribution in [0.25, 0.3) is 0 Å². The maximum absolute atomic E-state index is 12.0. The Morgan fingerprint density at radius 1 is 1.04 bits per heavy atom. The normalized spacial score (nSPS) is 10.9. The number of amides is 2. The number of nitrogens with zero attached hydrogens (tertiary/aromatic N) is 1. The molecule has 0 bridgehead atoms. The molecule has 138 valence electrons. The van der Waals surface area contributed by atoms with Crippen molar-refractivity contribution in [3.63, 3.8) is 0 Å². The van der Waals surface area contributed by atoms with E-state index < -0.39 is 29.4 Å². The van der Waals surface area contributed by atoms with Gasteiger partial charge in [0.2, 0.25) is 0 Å². The highest BCUT2D eigenvalue weighted by atomic mass is 16.6. The first-order valence-corrected chi connectivity index (χ1v) is 7.67.